The fourth-order valence-corrected chi connectivity index (χ4v) is 3.84. The zero-order valence-electron chi connectivity index (χ0n) is 16.8. The summed E-state index contributed by atoms with van der Waals surface area (Å²) < 4.78 is 0. The lowest BCUT2D eigenvalue weighted by Crippen LogP contribution is -2.18. The molecule has 156 valence electrons. The highest BCUT2D eigenvalue weighted by atomic mass is 32.2. The molecule has 0 unspecified atom stereocenters. The molecule has 4 aromatic rings. The van der Waals surface area contributed by atoms with Gasteiger partial charge in [-0.05, 0) is 71.5 Å². The molecule has 0 spiro atoms. The summed E-state index contributed by atoms with van der Waals surface area (Å²) >= 11 is 1.71. The maximum absolute atomic E-state index is 12.6. The van der Waals surface area contributed by atoms with Crippen molar-refractivity contribution in [3.8, 4) is 11.1 Å². The van der Waals surface area contributed by atoms with Gasteiger partial charge in [0, 0.05) is 33.2 Å². The first-order valence-electron chi connectivity index (χ1n) is 9.66. The Morgan fingerprint density at radius 2 is 1.68 bits per heavy atom. The summed E-state index contributed by atoms with van der Waals surface area (Å²) in [6.07, 6.45) is 4.13. The lowest BCUT2D eigenvalue weighted by molar-refractivity contribution is -0.115. The number of amides is 2. The van der Waals surface area contributed by atoms with Crippen molar-refractivity contribution in [2.45, 2.75) is 11.3 Å². The normalized spacial score (nSPS) is 10.8. The van der Waals surface area contributed by atoms with Gasteiger partial charge in [0.25, 0.3) is 5.91 Å². The Kier molecular flexibility index (Phi) is 6.06. The second-order valence-corrected chi connectivity index (χ2v) is 7.93. The summed E-state index contributed by atoms with van der Waals surface area (Å²) in [4.78, 5) is 28.4. The van der Waals surface area contributed by atoms with Crippen molar-refractivity contribution in [3.63, 3.8) is 0 Å². The number of hydroxylamine groups is 1. The topological polar surface area (TPSA) is 94.2 Å². The van der Waals surface area contributed by atoms with Crippen molar-refractivity contribution in [2.75, 3.05) is 11.6 Å². The van der Waals surface area contributed by atoms with Crippen LogP contribution in [0.1, 0.15) is 15.9 Å². The van der Waals surface area contributed by atoms with Crippen LogP contribution in [-0.4, -0.2) is 28.3 Å². The quantitative estimate of drug-likeness (QED) is 0.199. The van der Waals surface area contributed by atoms with Gasteiger partial charge >= 0.3 is 0 Å². The number of aromatic nitrogens is 1. The molecule has 4 rings (SSSR count). The second-order valence-electron chi connectivity index (χ2n) is 7.05. The van der Waals surface area contributed by atoms with Crippen LogP contribution in [0.4, 0.5) is 5.69 Å². The number of thioether (sulfide) groups is 1. The molecule has 2 amide bonds. The first-order valence-corrected chi connectivity index (χ1v) is 10.9. The predicted octanol–water partition coefficient (Wildman–Crippen LogP) is 4.86. The van der Waals surface area contributed by atoms with Crippen LogP contribution in [-0.2, 0) is 11.2 Å². The Bertz CT molecular complexity index is 1230. The molecule has 3 aromatic carbocycles. The van der Waals surface area contributed by atoms with Gasteiger partial charge in [-0.2, -0.15) is 0 Å². The van der Waals surface area contributed by atoms with Gasteiger partial charge in [0.1, 0.15) is 0 Å². The number of rotatable bonds is 6. The van der Waals surface area contributed by atoms with Crippen LogP contribution in [0.3, 0.4) is 0 Å². The molecule has 0 aliphatic carbocycles. The van der Waals surface area contributed by atoms with Crippen molar-refractivity contribution in [1.29, 1.82) is 0 Å². The molecule has 0 fully saturated rings. The summed E-state index contributed by atoms with van der Waals surface area (Å²) in [7, 11) is 0. The zero-order valence-corrected chi connectivity index (χ0v) is 17.6. The standard InChI is InChI=1S/C24H21N3O3S/c1-31-20-9-4-15(5-10-20)17-6-11-22-21(12-17)18(14-25-22)13-23(28)26-19-7-2-16(3-8-19)24(29)27-30/h2-12,14,25,30H,13H2,1H3,(H,26,28)(H,27,29). The Balaban J connectivity index is 1.51. The van der Waals surface area contributed by atoms with E-state index >= 15 is 0 Å². The molecule has 6 nitrogen and oxygen atoms in total. The van der Waals surface area contributed by atoms with Crippen molar-refractivity contribution in [1.82, 2.24) is 10.5 Å². The first kappa shape index (κ1) is 20.7. The summed E-state index contributed by atoms with van der Waals surface area (Å²) in [5.41, 5.74) is 6.57. The van der Waals surface area contributed by atoms with Crippen LogP contribution < -0.4 is 10.8 Å². The fraction of sp³-hybridized carbons (Fsp3) is 0.0833. The highest BCUT2D eigenvalue weighted by Gasteiger charge is 2.11. The molecule has 7 heteroatoms. The summed E-state index contributed by atoms with van der Waals surface area (Å²) in [6.45, 7) is 0. The highest BCUT2D eigenvalue weighted by Crippen LogP contribution is 2.28. The number of H-pyrrole nitrogens is 1. The minimum absolute atomic E-state index is 0.157. The number of anilines is 1. The van der Waals surface area contributed by atoms with Crippen LogP contribution in [0.15, 0.2) is 77.8 Å². The third-order valence-electron chi connectivity index (χ3n) is 5.07. The molecular weight excluding hydrogens is 410 g/mol. The van der Waals surface area contributed by atoms with Crippen molar-refractivity contribution in [3.05, 3.63) is 84.1 Å². The van der Waals surface area contributed by atoms with Crippen LogP contribution >= 0.6 is 11.8 Å². The van der Waals surface area contributed by atoms with E-state index in [-0.39, 0.29) is 12.3 Å². The Hall–Kier alpha value is -3.55. The van der Waals surface area contributed by atoms with Gasteiger partial charge in [-0.1, -0.05) is 18.2 Å². The molecule has 0 radical (unpaired) electrons. The van der Waals surface area contributed by atoms with E-state index < -0.39 is 5.91 Å². The number of aromatic amines is 1. The fourth-order valence-electron chi connectivity index (χ4n) is 3.44. The van der Waals surface area contributed by atoms with E-state index in [1.165, 1.54) is 17.0 Å². The molecule has 0 saturated carbocycles. The van der Waals surface area contributed by atoms with Crippen molar-refractivity contribution < 1.29 is 14.8 Å². The van der Waals surface area contributed by atoms with Crippen molar-refractivity contribution in [2.24, 2.45) is 0 Å². The number of hydrogen-bond donors (Lipinski definition) is 4. The molecule has 0 aliphatic heterocycles. The monoisotopic (exact) mass is 431 g/mol. The van der Waals surface area contributed by atoms with Gasteiger partial charge in [0.05, 0.1) is 6.42 Å². The van der Waals surface area contributed by atoms with Gasteiger partial charge in [-0.15, -0.1) is 11.8 Å². The Morgan fingerprint density at radius 3 is 2.35 bits per heavy atom. The molecule has 31 heavy (non-hydrogen) atoms. The van der Waals surface area contributed by atoms with Gasteiger partial charge in [0.2, 0.25) is 5.91 Å². The second kappa shape index (κ2) is 9.07. The number of carbonyl (C=O) groups is 2. The van der Waals surface area contributed by atoms with E-state index in [9.17, 15) is 9.59 Å². The highest BCUT2D eigenvalue weighted by molar-refractivity contribution is 7.98. The summed E-state index contributed by atoms with van der Waals surface area (Å²) in [5, 5.41) is 12.5. The lowest BCUT2D eigenvalue weighted by Gasteiger charge is -2.07. The molecule has 0 bridgehead atoms. The predicted molar refractivity (Wildman–Crippen MR) is 124 cm³/mol. The molecule has 4 N–H and O–H groups in total. The van der Waals surface area contributed by atoms with Gasteiger partial charge in [-0.25, -0.2) is 5.48 Å². The third kappa shape index (κ3) is 4.63. The average molecular weight is 432 g/mol. The molecule has 1 heterocycles. The first-order chi connectivity index (χ1) is 15.1. The largest absolute Gasteiger partial charge is 0.361 e. The molecule has 0 aliphatic rings. The Morgan fingerprint density at radius 1 is 0.968 bits per heavy atom. The van der Waals surface area contributed by atoms with E-state index in [2.05, 4.69) is 53.0 Å². The van der Waals surface area contributed by atoms with Gasteiger partial charge < -0.3 is 10.3 Å². The average Bonchev–Trinajstić information content (AvgIpc) is 3.21. The maximum Gasteiger partial charge on any atom is 0.274 e. The number of fused-ring (bicyclic) bond motifs is 1. The number of carbonyl (C=O) groups excluding carboxylic acids is 2. The van der Waals surface area contributed by atoms with E-state index in [0.717, 1.165) is 27.6 Å². The van der Waals surface area contributed by atoms with Gasteiger partial charge in [-0.3, -0.25) is 14.8 Å². The van der Waals surface area contributed by atoms with Crippen LogP contribution in [0.2, 0.25) is 0 Å². The van der Waals surface area contributed by atoms with E-state index in [0.29, 0.717) is 11.3 Å². The Labute approximate surface area is 183 Å². The van der Waals surface area contributed by atoms with Crippen LogP contribution in [0.25, 0.3) is 22.0 Å². The maximum atomic E-state index is 12.6. The lowest BCUT2D eigenvalue weighted by atomic mass is 10.0. The summed E-state index contributed by atoms with van der Waals surface area (Å²) in [5.74, 6) is -0.759. The molecular formula is C24H21N3O3S. The minimum atomic E-state index is -0.601. The van der Waals surface area contributed by atoms with Crippen LogP contribution in [0.5, 0.6) is 0 Å². The van der Waals surface area contributed by atoms with Gasteiger partial charge in [0.15, 0.2) is 0 Å². The SMILES string of the molecule is CSc1ccc(-c2ccc3[nH]cc(CC(=O)Nc4ccc(C(=O)NO)cc4)c3c2)cc1. The summed E-state index contributed by atoms with van der Waals surface area (Å²) in [6, 6.07) is 20.9. The molecule has 0 atom stereocenters. The number of benzene rings is 3. The molecule has 0 saturated heterocycles. The number of nitrogens with one attached hydrogen (secondary N) is 3. The van der Waals surface area contributed by atoms with E-state index in [1.54, 1.807) is 29.4 Å². The third-order valence-corrected chi connectivity index (χ3v) is 5.82. The minimum Gasteiger partial charge on any atom is -0.361 e. The smallest absolute Gasteiger partial charge is 0.274 e. The van der Waals surface area contributed by atoms with Crippen molar-refractivity contribution >= 4 is 40.2 Å². The van der Waals surface area contributed by atoms with E-state index in [4.69, 9.17) is 5.21 Å². The number of hydrogen-bond acceptors (Lipinski definition) is 4. The van der Waals surface area contributed by atoms with Crippen LogP contribution in [0, 0.1) is 0 Å². The zero-order chi connectivity index (χ0) is 21.8. The van der Waals surface area contributed by atoms with E-state index in [1.807, 2.05) is 12.3 Å². The molecule has 1 aromatic heterocycles.